The molecule has 20 heavy (non-hydrogen) atoms. The van der Waals surface area contributed by atoms with Gasteiger partial charge in [0.25, 0.3) is 0 Å². The molecule has 0 saturated heterocycles. The Morgan fingerprint density at radius 3 is 2.75 bits per heavy atom. The first-order valence-corrected chi connectivity index (χ1v) is 7.27. The number of nitrogens with zero attached hydrogens (tertiary/aromatic N) is 4. The predicted molar refractivity (Wildman–Crippen MR) is 74.9 cm³/mol. The number of nitrogens with two attached hydrogens (primary N) is 1. The fraction of sp³-hybridized carbons (Fsp3) is 0.636. The number of carbonyl (C=O) groups excluding carboxylic acids is 2. The third kappa shape index (κ3) is 3.86. The van der Waals surface area contributed by atoms with Gasteiger partial charge < -0.3 is 16.0 Å². The molecule has 1 fully saturated rings. The molecular formula is C11H18N6O2S. The molecule has 0 radical (unpaired) electrons. The normalized spacial score (nSPS) is 14.1. The summed E-state index contributed by atoms with van der Waals surface area (Å²) in [7, 11) is 3.34. The van der Waals surface area contributed by atoms with E-state index < -0.39 is 0 Å². The summed E-state index contributed by atoms with van der Waals surface area (Å²) in [5.41, 5.74) is 5.55. The number of thioether (sulfide) groups is 1. The minimum atomic E-state index is -0.137. The number of hydrogen-bond donors (Lipinski definition) is 2. The predicted octanol–water partition coefficient (Wildman–Crippen LogP) is -0.774. The molecule has 1 aromatic heterocycles. The molecule has 2 amide bonds. The van der Waals surface area contributed by atoms with Gasteiger partial charge in [-0.25, -0.2) is 0 Å². The number of aromatic nitrogens is 3. The Kier molecular flexibility index (Phi) is 4.48. The van der Waals surface area contributed by atoms with Gasteiger partial charge in [0.2, 0.25) is 17.8 Å². The molecule has 0 aliphatic heterocycles. The lowest BCUT2D eigenvalue weighted by molar-refractivity contribution is -0.132. The zero-order valence-corrected chi connectivity index (χ0v) is 12.3. The number of nitrogens with one attached hydrogen (secondary N) is 1. The average molecular weight is 298 g/mol. The van der Waals surface area contributed by atoms with Crippen molar-refractivity contribution in [3.63, 3.8) is 0 Å². The van der Waals surface area contributed by atoms with Gasteiger partial charge in [0.1, 0.15) is 0 Å². The van der Waals surface area contributed by atoms with Crippen molar-refractivity contribution in [2.75, 3.05) is 25.1 Å². The second-order valence-electron chi connectivity index (χ2n) is 4.78. The molecule has 0 bridgehead atoms. The van der Waals surface area contributed by atoms with Crippen molar-refractivity contribution in [2.45, 2.75) is 24.0 Å². The molecule has 110 valence electrons. The second kappa shape index (κ2) is 6.12. The molecule has 1 saturated carbocycles. The SMILES string of the molecule is CN(CC(=O)NC1CC1)C(=O)CSc1nnc(N)n1C. The first-order chi connectivity index (χ1) is 9.47. The Labute approximate surface area is 121 Å². The fourth-order valence-corrected chi connectivity index (χ4v) is 2.35. The van der Waals surface area contributed by atoms with Crippen LogP contribution < -0.4 is 11.1 Å². The van der Waals surface area contributed by atoms with Crippen LogP contribution in [0.4, 0.5) is 5.95 Å². The van der Waals surface area contributed by atoms with Crippen LogP contribution in [0.3, 0.4) is 0 Å². The largest absolute Gasteiger partial charge is 0.368 e. The summed E-state index contributed by atoms with van der Waals surface area (Å²) in [6, 6.07) is 0.307. The second-order valence-corrected chi connectivity index (χ2v) is 5.72. The van der Waals surface area contributed by atoms with Crippen LogP contribution >= 0.6 is 11.8 Å². The quantitative estimate of drug-likeness (QED) is 0.668. The number of nitrogen functional groups attached to an aromatic ring is 1. The van der Waals surface area contributed by atoms with Crippen LogP contribution in [0.1, 0.15) is 12.8 Å². The first-order valence-electron chi connectivity index (χ1n) is 6.28. The Hall–Kier alpha value is -1.77. The lowest BCUT2D eigenvalue weighted by Crippen LogP contribution is -2.39. The highest BCUT2D eigenvalue weighted by Gasteiger charge is 2.24. The van der Waals surface area contributed by atoms with Crippen LogP contribution in [0.5, 0.6) is 0 Å². The van der Waals surface area contributed by atoms with Crippen molar-refractivity contribution in [3.05, 3.63) is 0 Å². The van der Waals surface area contributed by atoms with Gasteiger partial charge in [-0.15, -0.1) is 10.2 Å². The van der Waals surface area contributed by atoms with E-state index in [0.717, 1.165) is 12.8 Å². The highest BCUT2D eigenvalue weighted by molar-refractivity contribution is 7.99. The molecule has 2 rings (SSSR count). The Morgan fingerprint density at radius 1 is 1.50 bits per heavy atom. The van der Waals surface area contributed by atoms with Crippen LogP contribution in [0, 0.1) is 0 Å². The summed E-state index contributed by atoms with van der Waals surface area (Å²) in [6.07, 6.45) is 2.07. The first kappa shape index (κ1) is 14.6. The zero-order chi connectivity index (χ0) is 14.7. The van der Waals surface area contributed by atoms with Crippen LogP contribution in [-0.4, -0.2) is 56.9 Å². The molecule has 0 atom stereocenters. The smallest absolute Gasteiger partial charge is 0.239 e. The highest BCUT2D eigenvalue weighted by Crippen LogP contribution is 2.18. The van der Waals surface area contributed by atoms with Gasteiger partial charge in [0.05, 0.1) is 12.3 Å². The van der Waals surface area contributed by atoms with Gasteiger partial charge in [0.15, 0.2) is 5.16 Å². The summed E-state index contributed by atoms with van der Waals surface area (Å²) in [5.74, 6) is 0.245. The van der Waals surface area contributed by atoms with Crippen molar-refractivity contribution in [1.82, 2.24) is 25.0 Å². The van der Waals surface area contributed by atoms with E-state index in [2.05, 4.69) is 15.5 Å². The number of likely N-dealkylation sites (N-methyl/N-ethyl adjacent to an activating group) is 1. The Morgan fingerprint density at radius 2 is 2.20 bits per heavy atom. The summed E-state index contributed by atoms with van der Waals surface area (Å²) < 4.78 is 1.61. The van der Waals surface area contributed by atoms with E-state index in [1.807, 2.05) is 0 Å². The molecule has 1 aliphatic rings. The third-order valence-electron chi connectivity index (χ3n) is 2.94. The maximum absolute atomic E-state index is 11.9. The molecular weight excluding hydrogens is 280 g/mol. The molecule has 0 unspecified atom stereocenters. The van der Waals surface area contributed by atoms with E-state index >= 15 is 0 Å². The van der Waals surface area contributed by atoms with Crippen LogP contribution in [0.25, 0.3) is 0 Å². The fourth-order valence-electron chi connectivity index (χ4n) is 1.49. The van der Waals surface area contributed by atoms with E-state index in [0.29, 0.717) is 17.1 Å². The van der Waals surface area contributed by atoms with Crippen molar-refractivity contribution in [2.24, 2.45) is 7.05 Å². The van der Waals surface area contributed by atoms with Gasteiger partial charge >= 0.3 is 0 Å². The van der Waals surface area contributed by atoms with Gasteiger partial charge in [0, 0.05) is 20.1 Å². The van der Waals surface area contributed by atoms with E-state index in [1.54, 1.807) is 18.7 Å². The van der Waals surface area contributed by atoms with Crippen LogP contribution in [0.15, 0.2) is 5.16 Å². The number of rotatable bonds is 6. The van der Waals surface area contributed by atoms with Crippen molar-refractivity contribution >= 4 is 29.5 Å². The molecule has 3 N–H and O–H groups in total. The average Bonchev–Trinajstić information content (AvgIpc) is 3.15. The maximum Gasteiger partial charge on any atom is 0.239 e. The lowest BCUT2D eigenvalue weighted by atomic mass is 10.5. The van der Waals surface area contributed by atoms with Crippen molar-refractivity contribution in [1.29, 1.82) is 0 Å². The molecule has 0 spiro atoms. The van der Waals surface area contributed by atoms with Crippen LogP contribution in [-0.2, 0) is 16.6 Å². The summed E-state index contributed by atoms with van der Waals surface area (Å²) in [5, 5.41) is 11.0. The van der Waals surface area contributed by atoms with Gasteiger partial charge in [-0.05, 0) is 12.8 Å². The highest BCUT2D eigenvalue weighted by atomic mass is 32.2. The van der Waals surface area contributed by atoms with Gasteiger partial charge in [-0.1, -0.05) is 11.8 Å². The molecule has 1 aliphatic carbocycles. The van der Waals surface area contributed by atoms with Crippen LogP contribution in [0.2, 0.25) is 0 Å². The minimum absolute atomic E-state index is 0.0802. The number of amides is 2. The Balaban J connectivity index is 1.75. The molecule has 8 nitrogen and oxygen atoms in total. The molecule has 0 aromatic carbocycles. The monoisotopic (exact) mass is 298 g/mol. The number of carbonyl (C=O) groups is 2. The maximum atomic E-state index is 11.9. The molecule has 1 heterocycles. The van der Waals surface area contributed by atoms with Crippen molar-refractivity contribution < 1.29 is 9.59 Å². The van der Waals surface area contributed by atoms with E-state index in [1.165, 1.54) is 16.7 Å². The molecule has 9 heteroatoms. The van der Waals surface area contributed by atoms with Crippen molar-refractivity contribution in [3.8, 4) is 0 Å². The summed E-state index contributed by atoms with van der Waals surface area (Å²) in [4.78, 5) is 24.9. The van der Waals surface area contributed by atoms with Gasteiger partial charge in [-0.2, -0.15) is 0 Å². The van der Waals surface area contributed by atoms with Gasteiger partial charge in [-0.3, -0.25) is 14.2 Å². The third-order valence-corrected chi connectivity index (χ3v) is 3.95. The topological polar surface area (TPSA) is 106 Å². The summed E-state index contributed by atoms with van der Waals surface area (Å²) >= 11 is 1.24. The number of anilines is 1. The minimum Gasteiger partial charge on any atom is -0.368 e. The standard InChI is InChI=1S/C11H18N6O2S/c1-16(5-8(18)13-7-3-4-7)9(19)6-20-11-15-14-10(12)17(11)2/h7H,3-6H2,1-2H3,(H2,12,14)(H,13,18). The Bertz CT molecular complexity index is 513. The zero-order valence-electron chi connectivity index (χ0n) is 11.5. The number of hydrogen-bond acceptors (Lipinski definition) is 6. The lowest BCUT2D eigenvalue weighted by Gasteiger charge is -2.16. The van der Waals surface area contributed by atoms with E-state index in [4.69, 9.17) is 5.73 Å². The van der Waals surface area contributed by atoms with E-state index in [-0.39, 0.29) is 24.1 Å². The summed E-state index contributed by atoms with van der Waals surface area (Å²) in [6.45, 7) is 0.0802. The molecule has 1 aromatic rings. The van der Waals surface area contributed by atoms with E-state index in [9.17, 15) is 9.59 Å².